The van der Waals surface area contributed by atoms with Crippen LogP contribution in [0.3, 0.4) is 0 Å². The molecular formula is C25H50N6O11. The van der Waals surface area contributed by atoms with Gasteiger partial charge in [-0.1, -0.05) is 0 Å². The number of likely N-dealkylation sites (N-methyl/N-ethyl adjacent to an activating group) is 1. The first-order valence-electron chi connectivity index (χ1n) is 14.4. The van der Waals surface area contributed by atoms with E-state index in [-0.39, 0.29) is 32.3 Å². The lowest BCUT2D eigenvalue weighted by Gasteiger charge is -2.49. The van der Waals surface area contributed by atoms with Crippen LogP contribution in [0.25, 0.3) is 0 Å². The Morgan fingerprint density at radius 2 is 1.79 bits per heavy atom. The van der Waals surface area contributed by atoms with E-state index in [4.69, 9.17) is 41.3 Å². The molecule has 1 amide bonds. The molecule has 17 heteroatoms. The fourth-order valence-electron chi connectivity index (χ4n) is 5.68. The molecule has 0 aromatic carbocycles. The fraction of sp³-hybridized carbons (Fsp3) is 0.960. The summed E-state index contributed by atoms with van der Waals surface area (Å²) in [6.45, 7) is 1.73. The number of aliphatic hydroxyl groups is 6. The van der Waals surface area contributed by atoms with E-state index >= 15 is 0 Å². The predicted octanol–water partition coefficient (Wildman–Crippen LogP) is -6.52. The Bertz CT molecular complexity index is 847. The smallest absolute Gasteiger partial charge is 0.251 e. The van der Waals surface area contributed by atoms with Crippen molar-refractivity contribution in [1.82, 2.24) is 16.0 Å². The topological polar surface area (TPSA) is 290 Å². The Labute approximate surface area is 245 Å². The van der Waals surface area contributed by atoms with E-state index in [2.05, 4.69) is 16.0 Å². The van der Waals surface area contributed by atoms with Crippen LogP contribution in [0.2, 0.25) is 0 Å². The number of ether oxygens (including phenoxy) is 4. The number of hydrogen-bond acceptors (Lipinski definition) is 16. The van der Waals surface area contributed by atoms with Crippen molar-refractivity contribution in [2.45, 2.75) is 111 Å². The molecule has 2 aliphatic heterocycles. The number of carbonyl (C=O) groups is 1. The van der Waals surface area contributed by atoms with Crippen LogP contribution in [0, 0.1) is 0 Å². The summed E-state index contributed by atoms with van der Waals surface area (Å²) in [4.78, 5) is 12.7. The largest absolute Gasteiger partial charge is 0.395 e. The van der Waals surface area contributed by atoms with Gasteiger partial charge in [0, 0.05) is 25.7 Å². The normalized spacial score (nSPS) is 42.6. The molecule has 1 aliphatic carbocycles. The zero-order valence-electron chi connectivity index (χ0n) is 24.1. The second-order valence-electron chi connectivity index (χ2n) is 11.5. The fourth-order valence-corrected chi connectivity index (χ4v) is 5.68. The summed E-state index contributed by atoms with van der Waals surface area (Å²) in [5.74, 6) is -0.970. The number of nitrogens with two attached hydrogens (primary N) is 3. The Kier molecular flexibility index (Phi) is 13.2. The van der Waals surface area contributed by atoms with E-state index in [1.165, 1.54) is 6.92 Å². The lowest BCUT2D eigenvalue weighted by atomic mass is 9.83. The third-order valence-corrected chi connectivity index (χ3v) is 8.10. The van der Waals surface area contributed by atoms with Gasteiger partial charge >= 0.3 is 0 Å². The van der Waals surface area contributed by atoms with E-state index in [9.17, 15) is 30.3 Å². The molecule has 0 aromatic rings. The van der Waals surface area contributed by atoms with Gasteiger partial charge in [0.15, 0.2) is 18.7 Å². The number of amides is 1. The highest BCUT2D eigenvalue weighted by atomic mass is 16.7. The van der Waals surface area contributed by atoms with Gasteiger partial charge in [0.05, 0.1) is 37.4 Å². The van der Waals surface area contributed by atoms with Gasteiger partial charge in [-0.15, -0.1) is 0 Å². The van der Waals surface area contributed by atoms with E-state index in [0.29, 0.717) is 25.9 Å². The van der Waals surface area contributed by atoms with Gasteiger partial charge in [-0.2, -0.15) is 0 Å². The van der Waals surface area contributed by atoms with Crippen molar-refractivity contribution < 1.29 is 54.4 Å². The Morgan fingerprint density at radius 1 is 1.10 bits per heavy atom. The first-order chi connectivity index (χ1) is 19.8. The van der Waals surface area contributed by atoms with Gasteiger partial charge < -0.3 is 82.7 Å². The molecule has 0 aromatic heterocycles. The number of hydrogen-bond donors (Lipinski definition) is 12. The zero-order chi connectivity index (χ0) is 31.2. The maximum atomic E-state index is 12.7. The van der Waals surface area contributed by atoms with Crippen molar-refractivity contribution in [2.24, 2.45) is 17.2 Å². The third kappa shape index (κ3) is 8.52. The molecule has 3 fully saturated rings. The minimum Gasteiger partial charge on any atom is -0.395 e. The minimum absolute atomic E-state index is 0.0109. The van der Waals surface area contributed by atoms with Crippen molar-refractivity contribution in [1.29, 1.82) is 0 Å². The molecular weight excluding hydrogens is 560 g/mol. The van der Waals surface area contributed by atoms with Crippen LogP contribution in [0.4, 0.5) is 0 Å². The second kappa shape index (κ2) is 15.7. The Morgan fingerprint density at radius 3 is 2.43 bits per heavy atom. The monoisotopic (exact) mass is 610 g/mol. The predicted molar refractivity (Wildman–Crippen MR) is 146 cm³/mol. The lowest BCUT2D eigenvalue weighted by Crippen LogP contribution is -2.69. The summed E-state index contributed by atoms with van der Waals surface area (Å²) in [5, 5.41) is 70.6. The molecule has 2 saturated heterocycles. The molecule has 0 spiro atoms. The molecule has 0 radical (unpaired) electrons. The molecule has 42 heavy (non-hydrogen) atoms. The van der Waals surface area contributed by atoms with Gasteiger partial charge in [0.25, 0.3) is 5.91 Å². The van der Waals surface area contributed by atoms with Gasteiger partial charge in [0.2, 0.25) is 0 Å². The van der Waals surface area contributed by atoms with Gasteiger partial charge in [-0.3, -0.25) is 4.79 Å². The maximum absolute atomic E-state index is 12.7. The zero-order valence-corrected chi connectivity index (χ0v) is 24.1. The molecule has 15 N–H and O–H groups in total. The Hall–Kier alpha value is -1.13. The van der Waals surface area contributed by atoms with Crippen molar-refractivity contribution in [3.05, 3.63) is 0 Å². The van der Waals surface area contributed by atoms with Crippen molar-refractivity contribution in [3.8, 4) is 0 Å². The van der Waals surface area contributed by atoms with Crippen LogP contribution in [0.15, 0.2) is 0 Å². The van der Waals surface area contributed by atoms with Crippen LogP contribution in [0.5, 0.6) is 0 Å². The van der Waals surface area contributed by atoms with Crippen LogP contribution >= 0.6 is 0 Å². The summed E-state index contributed by atoms with van der Waals surface area (Å²) >= 11 is 0. The molecule has 2 heterocycles. The standard InChI is InChI=1S/C25H50N6O11/c1-25(38)10-39-24(18(36)21(25)29-2)42-20-14(31-22(37)16(34)15(33)8-26)7-13(28)19(17(20)35)41-23-12(27)4-3-11(40-23)9-30-5-6-32/h11-21,23-24,29-30,32-36,38H,3-10,26-28H2,1-2H3,(H,31,37)/t11-,12?,13-,14+,15-,16-,17?,18?,19?,20?,21+,23+,24+,25?/m0/s1. The highest BCUT2D eigenvalue weighted by Crippen LogP contribution is 2.32. The highest BCUT2D eigenvalue weighted by Gasteiger charge is 2.52. The van der Waals surface area contributed by atoms with Gasteiger partial charge in [0.1, 0.15) is 36.1 Å². The number of rotatable bonds is 13. The lowest BCUT2D eigenvalue weighted by molar-refractivity contribution is -0.307. The van der Waals surface area contributed by atoms with E-state index in [0.717, 1.165) is 0 Å². The highest BCUT2D eigenvalue weighted by molar-refractivity contribution is 5.81. The molecule has 14 atom stereocenters. The average molecular weight is 611 g/mol. The average Bonchev–Trinajstić information content (AvgIpc) is 2.94. The van der Waals surface area contributed by atoms with Crippen LogP contribution < -0.4 is 33.2 Å². The van der Waals surface area contributed by atoms with Crippen molar-refractivity contribution in [2.75, 3.05) is 39.9 Å². The van der Waals surface area contributed by atoms with Gasteiger partial charge in [-0.25, -0.2) is 0 Å². The van der Waals surface area contributed by atoms with E-state index in [1.807, 2.05) is 0 Å². The summed E-state index contributed by atoms with van der Waals surface area (Å²) in [5.41, 5.74) is 16.6. The van der Waals surface area contributed by atoms with Gasteiger partial charge in [-0.05, 0) is 33.2 Å². The minimum atomic E-state index is -1.86. The summed E-state index contributed by atoms with van der Waals surface area (Å²) < 4.78 is 23.8. The summed E-state index contributed by atoms with van der Waals surface area (Å²) in [6, 6.07) is -3.27. The molecule has 3 aliphatic rings. The second-order valence-corrected chi connectivity index (χ2v) is 11.5. The van der Waals surface area contributed by atoms with Crippen molar-refractivity contribution >= 4 is 5.91 Å². The molecule has 6 unspecified atom stereocenters. The Balaban J connectivity index is 1.80. The summed E-state index contributed by atoms with van der Waals surface area (Å²) in [7, 11) is 1.55. The molecule has 3 rings (SSSR count). The summed E-state index contributed by atoms with van der Waals surface area (Å²) in [6.07, 6.45) is -9.98. The first kappa shape index (κ1) is 35.4. The molecule has 1 saturated carbocycles. The maximum Gasteiger partial charge on any atom is 0.251 e. The molecule has 17 nitrogen and oxygen atoms in total. The molecule has 246 valence electrons. The van der Waals surface area contributed by atoms with Crippen LogP contribution in [-0.4, -0.2) is 162 Å². The quantitative estimate of drug-likeness (QED) is 0.0863. The third-order valence-electron chi connectivity index (χ3n) is 8.10. The number of aliphatic hydroxyl groups excluding tert-OH is 5. The first-order valence-corrected chi connectivity index (χ1v) is 14.4. The number of nitrogens with one attached hydrogen (secondary N) is 3. The van der Waals surface area contributed by atoms with Crippen molar-refractivity contribution in [3.63, 3.8) is 0 Å². The van der Waals surface area contributed by atoms with E-state index < -0.39 is 84.9 Å². The number of carbonyl (C=O) groups excluding carboxylic acids is 1. The SMILES string of the molecule is CN[C@@H]1C(O)[C@@H](OC2C(O)C(O[C@H]3O[C@H](CNCCO)CCC3N)[C@@H](N)C[C@H]2NC(=O)[C@@H](O)[C@@H](O)CN)OCC1(C)O. The van der Waals surface area contributed by atoms with E-state index in [1.54, 1.807) is 7.05 Å². The van der Waals surface area contributed by atoms with Crippen LogP contribution in [-0.2, 0) is 23.7 Å². The molecule has 0 bridgehead atoms. The van der Waals surface area contributed by atoms with Crippen LogP contribution in [0.1, 0.15) is 26.2 Å².